The molecule has 0 saturated heterocycles. The van der Waals surface area contributed by atoms with Crippen LogP contribution in [0.15, 0.2) is 48.5 Å². The number of ether oxygens (including phenoxy) is 2. The number of benzene rings is 3. The molecular formula is C29H34N2O4. The quantitative estimate of drug-likeness (QED) is 0.382. The van der Waals surface area contributed by atoms with Gasteiger partial charge in [0.25, 0.3) is 0 Å². The van der Waals surface area contributed by atoms with Gasteiger partial charge in [-0.15, -0.1) is 0 Å². The van der Waals surface area contributed by atoms with Crippen molar-refractivity contribution in [3.05, 3.63) is 70.8 Å². The van der Waals surface area contributed by atoms with Crippen molar-refractivity contribution in [2.24, 2.45) is 0 Å². The predicted octanol–water partition coefficient (Wildman–Crippen LogP) is 6.14. The van der Waals surface area contributed by atoms with Gasteiger partial charge >= 0.3 is 11.9 Å². The van der Waals surface area contributed by atoms with E-state index in [1.165, 1.54) is 14.2 Å². The van der Waals surface area contributed by atoms with E-state index in [9.17, 15) is 9.59 Å². The maximum atomic E-state index is 13.0. The summed E-state index contributed by atoms with van der Waals surface area (Å²) in [7, 11) is 2.78. The van der Waals surface area contributed by atoms with Crippen LogP contribution in [0.5, 0.6) is 0 Å². The monoisotopic (exact) mass is 474 g/mol. The van der Waals surface area contributed by atoms with Crippen LogP contribution in [-0.2, 0) is 14.3 Å². The van der Waals surface area contributed by atoms with Gasteiger partial charge in [-0.05, 0) is 97.8 Å². The molecule has 0 saturated carbocycles. The molecule has 0 amide bonds. The van der Waals surface area contributed by atoms with Crippen LogP contribution in [-0.4, -0.2) is 38.7 Å². The fraction of sp³-hybridized carbons (Fsp3) is 0.310. The lowest BCUT2D eigenvalue weighted by Gasteiger charge is -2.22. The lowest BCUT2D eigenvalue weighted by molar-refractivity contribution is -0.138. The Morgan fingerprint density at radius 1 is 0.743 bits per heavy atom. The average Bonchev–Trinajstić information content (AvgIpc) is 2.85. The van der Waals surface area contributed by atoms with Crippen molar-refractivity contribution in [2.75, 3.05) is 31.4 Å². The fourth-order valence-corrected chi connectivity index (χ4v) is 4.37. The van der Waals surface area contributed by atoms with Crippen molar-refractivity contribution in [1.82, 2.24) is 0 Å². The van der Waals surface area contributed by atoms with E-state index in [-0.39, 0.29) is 18.5 Å². The van der Waals surface area contributed by atoms with E-state index in [0.717, 1.165) is 50.3 Å². The molecule has 3 aromatic carbocycles. The molecule has 0 aliphatic carbocycles. The highest BCUT2D eigenvalue weighted by atomic mass is 16.5. The third-order valence-electron chi connectivity index (χ3n) is 6.17. The maximum Gasteiger partial charge on any atom is 0.338 e. The molecule has 0 bridgehead atoms. The molecule has 184 valence electrons. The highest BCUT2D eigenvalue weighted by molar-refractivity contribution is 6.03. The van der Waals surface area contributed by atoms with Gasteiger partial charge in [0, 0.05) is 17.4 Å². The smallest absolute Gasteiger partial charge is 0.338 e. The topological polar surface area (TPSA) is 76.7 Å². The number of carbonyl (C=O) groups excluding carboxylic acids is 2. The van der Waals surface area contributed by atoms with Crippen LogP contribution in [0, 0.1) is 20.8 Å². The van der Waals surface area contributed by atoms with Gasteiger partial charge in [0.2, 0.25) is 0 Å². The van der Waals surface area contributed by atoms with Gasteiger partial charge < -0.3 is 20.1 Å². The number of hydrogen-bond donors (Lipinski definition) is 2. The van der Waals surface area contributed by atoms with Gasteiger partial charge in [-0.1, -0.05) is 24.3 Å². The Morgan fingerprint density at radius 2 is 1.26 bits per heavy atom. The summed E-state index contributed by atoms with van der Waals surface area (Å²) in [5.74, 6) is -0.690. The largest absolute Gasteiger partial charge is 0.468 e. The molecule has 0 aliphatic rings. The number of rotatable bonds is 8. The van der Waals surface area contributed by atoms with Crippen molar-refractivity contribution in [1.29, 1.82) is 0 Å². The second kappa shape index (κ2) is 11.1. The van der Waals surface area contributed by atoms with Crippen molar-refractivity contribution < 1.29 is 19.1 Å². The van der Waals surface area contributed by atoms with E-state index in [2.05, 4.69) is 36.1 Å². The Kier molecular flexibility index (Phi) is 8.18. The summed E-state index contributed by atoms with van der Waals surface area (Å²) in [5, 5.41) is 6.45. The molecule has 0 aliphatic heterocycles. The zero-order chi connectivity index (χ0) is 25.7. The summed E-state index contributed by atoms with van der Waals surface area (Å²) >= 11 is 0. The number of nitrogens with one attached hydrogen (secondary N) is 2. The number of carbonyl (C=O) groups is 2. The highest BCUT2D eigenvalue weighted by Gasteiger charge is 2.24. The third kappa shape index (κ3) is 5.65. The number of anilines is 2. The van der Waals surface area contributed by atoms with Crippen molar-refractivity contribution >= 4 is 23.3 Å². The standard InChI is InChI=1S/C29H34N2O4/c1-17(2)31-24-14-10-22(11-15-24)27-19(4)18(3)26(20(5)28(27)29(33)35-7)21-8-12-23(13-9-21)30-16-25(32)34-6/h8-15,17,30-31H,16H2,1-7H3. The first-order valence-electron chi connectivity index (χ1n) is 11.7. The van der Waals surface area contributed by atoms with Gasteiger partial charge in [0.15, 0.2) is 0 Å². The second-order valence-electron chi connectivity index (χ2n) is 8.88. The summed E-state index contributed by atoms with van der Waals surface area (Å²) < 4.78 is 9.90. The molecule has 0 atom stereocenters. The van der Waals surface area contributed by atoms with Crippen molar-refractivity contribution in [3.8, 4) is 22.3 Å². The molecule has 0 unspecified atom stereocenters. The van der Waals surface area contributed by atoms with Crippen LogP contribution in [0.25, 0.3) is 22.3 Å². The predicted molar refractivity (Wildman–Crippen MR) is 142 cm³/mol. The molecular weight excluding hydrogens is 440 g/mol. The Bertz CT molecular complexity index is 1210. The summed E-state index contributed by atoms with van der Waals surface area (Å²) in [5.41, 5.74) is 9.27. The molecule has 0 spiro atoms. The summed E-state index contributed by atoms with van der Waals surface area (Å²) in [4.78, 5) is 24.4. The van der Waals surface area contributed by atoms with E-state index >= 15 is 0 Å². The van der Waals surface area contributed by atoms with Crippen LogP contribution >= 0.6 is 0 Å². The first-order valence-corrected chi connectivity index (χ1v) is 11.7. The molecule has 3 rings (SSSR count). The Labute approximate surface area is 207 Å². The SMILES string of the molecule is COC(=O)CNc1ccc(-c2c(C)c(C)c(-c3ccc(NC(C)C)cc3)c(C(=O)OC)c2C)cc1. The van der Waals surface area contributed by atoms with Crippen LogP contribution in [0.1, 0.15) is 40.9 Å². The Morgan fingerprint density at radius 3 is 1.77 bits per heavy atom. The van der Waals surface area contributed by atoms with Gasteiger partial charge in [-0.25, -0.2) is 4.79 Å². The van der Waals surface area contributed by atoms with Crippen LogP contribution in [0.3, 0.4) is 0 Å². The minimum absolute atomic E-state index is 0.0969. The molecule has 0 aromatic heterocycles. The van der Waals surface area contributed by atoms with E-state index < -0.39 is 0 Å². The summed E-state index contributed by atoms with van der Waals surface area (Å²) in [6.45, 7) is 10.4. The zero-order valence-corrected chi connectivity index (χ0v) is 21.5. The molecule has 6 heteroatoms. The molecule has 3 aromatic rings. The minimum Gasteiger partial charge on any atom is -0.468 e. The number of methoxy groups -OCH3 is 2. The van der Waals surface area contributed by atoms with Gasteiger partial charge in [-0.3, -0.25) is 4.79 Å². The summed E-state index contributed by atoms with van der Waals surface area (Å²) in [6.07, 6.45) is 0. The number of hydrogen-bond acceptors (Lipinski definition) is 6. The number of esters is 2. The molecule has 0 heterocycles. The molecule has 0 fully saturated rings. The first kappa shape index (κ1) is 25.8. The van der Waals surface area contributed by atoms with Crippen LogP contribution in [0.2, 0.25) is 0 Å². The Hall–Kier alpha value is -3.80. The third-order valence-corrected chi connectivity index (χ3v) is 6.17. The lowest BCUT2D eigenvalue weighted by atomic mass is 9.82. The zero-order valence-electron chi connectivity index (χ0n) is 21.5. The van der Waals surface area contributed by atoms with E-state index in [0.29, 0.717) is 11.6 Å². The van der Waals surface area contributed by atoms with Crippen LogP contribution < -0.4 is 10.6 Å². The average molecular weight is 475 g/mol. The molecule has 0 radical (unpaired) electrons. The van der Waals surface area contributed by atoms with Crippen molar-refractivity contribution in [2.45, 2.75) is 40.7 Å². The second-order valence-corrected chi connectivity index (χ2v) is 8.88. The van der Waals surface area contributed by atoms with Gasteiger partial charge in [0.1, 0.15) is 6.54 Å². The highest BCUT2D eigenvalue weighted by Crippen LogP contribution is 2.40. The normalized spacial score (nSPS) is 10.7. The Balaban J connectivity index is 2.10. The fourth-order valence-electron chi connectivity index (χ4n) is 4.37. The van der Waals surface area contributed by atoms with Gasteiger partial charge in [0.05, 0.1) is 19.8 Å². The molecule has 2 N–H and O–H groups in total. The minimum atomic E-state index is -0.359. The first-order chi connectivity index (χ1) is 16.7. The lowest BCUT2D eigenvalue weighted by Crippen LogP contribution is -2.14. The van der Waals surface area contributed by atoms with Gasteiger partial charge in [-0.2, -0.15) is 0 Å². The van der Waals surface area contributed by atoms with E-state index in [4.69, 9.17) is 4.74 Å². The van der Waals surface area contributed by atoms with Crippen molar-refractivity contribution in [3.63, 3.8) is 0 Å². The van der Waals surface area contributed by atoms with E-state index in [1.54, 1.807) is 0 Å². The summed E-state index contributed by atoms with van der Waals surface area (Å²) in [6, 6.07) is 16.3. The molecule has 35 heavy (non-hydrogen) atoms. The maximum absolute atomic E-state index is 13.0. The molecule has 6 nitrogen and oxygen atoms in total. The van der Waals surface area contributed by atoms with Crippen LogP contribution in [0.4, 0.5) is 11.4 Å². The van der Waals surface area contributed by atoms with E-state index in [1.807, 2.05) is 62.4 Å².